The summed E-state index contributed by atoms with van der Waals surface area (Å²) in [5, 5.41) is 0. The van der Waals surface area contributed by atoms with Crippen LogP contribution in [0.1, 0.15) is 11.1 Å². The second-order valence-electron chi connectivity index (χ2n) is 6.17. The minimum atomic E-state index is -4.57. The molecule has 0 saturated heterocycles. The summed E-state index contributed by atoms with van der Waals surface area (Å²) in [7, 11) is 0. The monoisotopic (exact) mass is 406 g/mol. The SMILES string of the molecule is Nc1ccnc(N(CCOc2ccccc2)Cc2cc(C(F)(F)F)ccc2F)n1. The lowest BCUT2D eigenvalue weighted by molar-refractivity contribution is -0.137. The van der Waals surface area contributed by atoms with E-state index in [-0.39, 0.29) is 37.0 Å². The molecule has 0 spiro atoms. The maximum atomic E-state index is 14.2. The van der Waals surface area contributed by atoms with E-state index in [2.05, 4.69) is 9.97 Å². The van der Waals surface area contributed by atoms with E-state index in [0.717, 1.165) is 12.1 Å². The van der Waals surface area contributed by atoms with Crippen LogP contribution in [-0.4, -0.2) is 23.1 Å². The number of hydrogen-bond acceptors (Lipinski definition) is 5. The Hall–Kier alpha value is -3.36. The Labute approximate surface area is 164 Å². The molecule has 2 aromatic carbocycles. The van der Waals surface area contributed by atoms with E-state index < -0.39 is 17.6 Å². The highest BCUT2D eigenvalue weighted by molar-refractivity contribution is 5.39. The van der Waals surface area contributed by atoms with Gasteiger partial charge in [0.1, 0.15) is 24.0 Å². The predicted octanol–water partition coefficient (Wildman–Crippen LogP) is 4.30. The van der Waals surface area contributed by atoms with Crippen molar-refractivity contribution in [1.82, 2.24) is 9.97 Å². The number of anilines is 2. The molecule has 0 aliphatic rings. The number of nitrogens with two attached hydrogens (primary N) is 1. The molecule has 9 heteroatoms. The quantitative estimate of drug-likeness (QED) is 0.593. The van der Waals surface area contributed by atoms with Crippen LogP contribution in [0.3, 0.4) is 0 Å². The van der Waals surface area contributed by atoms with Crippen molar-refractivity contribution < 1.29 is 22.3 Å². The molecule has 5 nitrogen and oxygen atoms in total. The van der Waals surface area contributed by atoms with Crippen LogP contribution in [0.2, 0.25) is 0 Å². The molecule has 0 aliphatic carbocycles. The number of ether oxygens (including phenoxy) is 1. The van der Waals surface area contributed by atoms with E-state index in [9.17, 15) is 17.6 Å². The Morgan fingerprint density at radius 2 is 1.79 bits per heavy atom. The highest BCUT2D eigenvalue weighted by Gasteiger charge is 2.31. The van der Waals surface area contributed by atoms with Gasteiger partial charge in [0.2, 0.25) is 5.95 Å². The third-order valence-corrected chi connectivity index (χ3v) is 4.05. The molecule has 152 valence electrons. The van der Waals surface area contributed by atoms with Gasteiger partial charge in [0.05, 0.1) is 12.1 Å². The average Bonchev–Trinajstić information content (AvgIpc) is 2.68. The molecule has 1 heterocycles. The predicted molar refractivity (Wildman–Crippen MR) is 101 cm³/mol. The van der Waals surface area contributed by atoms with E-state index in [0.29, 0.717) is 11.8 Å². The second-order valence-corrected chi connectivity index (χ2v) is 6.17. The number of nitrogens with zero attached hydrogens (tertiary/aromatic N) is 3. The molecule has 2 N–H and O–H groups in total. The Morgan fingerprint density at radius 1 is 1.03 bits per heavy atom. The lowest BCUT2D eigenvalue weighted by atomic mass is 10.1. The van der Waals surface area contributed by atoms with Crippen molar-refractivity contribution in [2.24, 2.45) is 0 Å². The van der Waals surface area contributed by atoms with Crippen LogP contribution < -0.4 is 15.4 Å². The fourth-order valence-electron chi connectivity index (χ4n) is 2.63. The summed E-state index contributed by atoms with van der Waals surface area (Å²) in [6.45, 7) is 0.203. The number of alkyl halides is 3. The van der Waals surface area contributed by atoms with Crippen molar-refractivity contribution in [1.29, 1.82) is 0 Å². The molecule has 0 bridgehead atoms. The normalized spacial score (nSPS) is 11.3. The van der Waals surface area contributed by atoms with Gasteiger partial charge in [-0.3, -0.25) is 0 Å². The van der Waals surface area contributed by atoms with E-state index >= 15 is 0 Å². The molecule has 29 heavy (non-hydrogen) atoms. The number of hydrogen-bond donors (Lipinski definition) is 1. The zero-order valence-corrected chi connectivity index (χ0v) is 15.2. The lowest BCUT2D eigenvalue weighted by Crippen LogP contribution is -2.30. The summed E-state index contributed by atoms with van der Waals surface area (Å²) in [4.78, 5) is 9.70. The van der Waals surface area contributed by atoms with E-state index in [4.69, 9.17) is 10.5 Å². The number of rotatable bonds is 7. The van der Waals surface area contributed by atoms with Crippen LogP contribution in [-0.2, 0) is 12.7 Å². The molecule has 0 atom stereocenters. The Bertz CT molecular complexity index is 951. The molecule has 3 aromatic rings. The Kier molecular flexibility index (Phi) is 6.16. The molecule has 0 aliphatic heterocycles. The van der Waals surface area contributed by atoms with Gasteiger partial charge in [0.25, 0.3) is 0 Å². The minimum Gasteiger partial charge on any atom is -0.492 e. The van der Waals surface area contributed by atoms with Crippen LogP contribution in [0.4, 0.5) is 29.3 Å². The van der Waals surface area contributed by atoms with Gasteiger partial charge in [-0.1, -0.05) is 18.2 Å². The first-order valence-electron chi connectivity index (χ1n) is 8.70. The number of nitrogen functional groups attached to an aromatic ring is 1. The molecule has 0 amide bonds. The van der Waals surface area contributed by atoms with Crippen molar-refractivity contribution in [2.75, 3.05) is 23.8 Å². The van der Waals surface area contributed by atoms with Gasteiger partial charge in [-0.15, -0.1) is 0 Å². The summed E-state index contributed by atoms with van der Waals surface area (Å²) in [6.07, 6.45) is -3.15. The maximum Gasteiger partial charge on any atom is 0.416 e. The van der Waals surface area contributed by atoms with Gasteiger partial charge in [0, 0.05) is 18.3 Å². The Morgan fingerprint density at radius 3 is 2.48 bits per heavy atom. The molecule has 0 saturated carbocycles. The third-order valence-electron chi connectivity index (χ3n) is 4.05. The first-order valence-corrected chi connectivity index (χ1v) is 8.70. The molecule has 1 aromatic heterocycles. The first kappa shape index (κ1) is 20.4. The standard InChI is InChI=1S/C20H18F4N4O/c21-17-7-6-15(20(22,23)24)12-14(17)13-28(19-26-9-8-18(25)27-19)10-11-29-16-4-2-1-3-5-16/h1-9,12H,10-11,13H2,(H2,25,26,27). The molecule has 0 unspecified atom stereocenters. The van der Waals surface area contributed by atoms with Crippen molar-refractivity contribution in [2.45, 2.75) is 12.7 Å². The van der Waals surface area contributed by atoms with Crippen molar-refractivity contribution in [3.8, 4) is 5.75 Å². The molecule has 0 fully saturated rings. The summed E-state index contributed by atoms with van der Waals surface area (Å²) in [6, 6.07) is 12.8. The zero-order chi connectivity index (χ0) is 20.9. The van der Waals surface area contributed by atoms with Crippen molar-refractivity contribution >= 4 is 11.8 Å². The minimum absolute atomic E-state index is 0.134. The zero-order valence-electron chi connectivity index (χ0n) is 15.2. The smallest absolute Gasteiger partial charge is 0.416 e. The summed E-state index contributed by atoms with van der Waals surface area (Å²) in [5.41, 5.74) is 4.63. The largest absolute Gasteiger partial charge is 0.492 e. The van der Waals surface area contributed by atoms with Crippen LogP contribution >= 0.6 is 0 Å². The fraction of sp³-hybridized carbons (Fsp3) is 0.200. The molecular formula is C20H18F4N4O. The van der Waals surface area contributed by atoms with Crippen LogP contribution in [0.25, 0.3) is 0 Å². The number of halogens is 4. The fourth-order valence-corrected chi connectivity index (χ4v) is 2.63. The van der Waals surface area contributed by atoms with Crippen LogP contribution in [0.5, 0.6) is 5.75 Å². The highest BCUT2D eigenvalue weighted by Crippen LogP contribution is 2.31. The summed E-state index contributed by atoms with van der Waals surface area (Å²) in [5.74, 6) is 0.231. The van der Waals surface area contributed by atoms with Gasteiger partial charge >= 0.3 is 6.18 Å². The van der Waals surface area contributed by atoms with Gasteiger partial charge in [-0.05, 0) is 36.4 Å². The van der Waals surface area contributed by atoms with E-state index in [1.807, 2.05) is 18.2 Å². The summed E-state index contributed by atoms with van der Waals surface area (Å²) < 4.78 is 58.9. The number of benzene rings is 2. The first-order chi connectivity index (χ1) is 13.8. The van der Waals surface area contributed by atoms with Gasteiger partial charge < -0.3 is 15.4 Å². The average molecular weight is 406 g/mol. The molecule has 0 radical (unpaired) electrons. The molecule has 3 rings (SSSR count). The molecular weight excluding hydrogens is 388 g/mol. The van der Waals surface area contributed by atoms with Crippen LogP contribution in [0.15, 0.2) is 60.8 Å². The number of para-hydroxylation sites is 1. The topological polar surface area (TPSA) is 64.3 Å². The van der Waals surface area contributed by atoms with E-state index in [1.54, 1.807) is 12.1 Å². The second kappa shape index (κ2) is 8.76. The lowest BCUT2D eigenvalue weighted by Gasteiger charge is -2.23. The van der Waals surface area contributed by atoms with Crippen molar-refractivity contribution in [3.63, 3.8) is 0 Å². The van der Waals surface area contributed by atoms with Crippen LogP contribution in [0, 0.1) is 5.82 Å². The van der Waals surface area contributed by atoms with Gasteiger partial charge in [-0.25, -0.2) is 9.37 Å². The van der Waals surface area contributed by atoms with Gasteiger partial charge in [0.15, 0.2) is 0 Å². The van der Waals surface area contributed by atoms with E-state index in [1.165, 1.54) is 17.2 Å². The third kappa shape index (κ3) is 5.56. The Balaban J connectivity index is 1.81. The maximum absolute atomic E-state index is 14.2. The summed E-state index contributed by atoms with van der Waals surface area (Å²) >= 11 is 0. The number of aromatic nitrogens is 2. The van der Waals surface area contributed by atoms with Gasteiger partial charge in [-0.2, -0.15) is 18.2 Å². The van der Waals surface area contributed by atoms with Crippen molar-refractivity contribution in [3.05, 3.63) is 77.7 Å². The highest BCUT2D eigenvalue weighted by atomic mass is 19.4.